The van der Waals surface area contributed by atoms with Crippen molar-refractivity contribution >= 4 is 42.0 Å². The van der Waals surface area contributed by atoms with Gasteiger partial charge >= 0.3 is 29.6 Å². The molecule has 1 aromatic rings. The minimum atomic E-state index is -4.40. The predicted molar refractivity (Wildman–Crippen MR) is 54.5 cm³/mol. The second kappa shape index (κ2) is 5.43. The van der Waals surface area contributed by atoms with Gasteiger partial charge in [0.15, 0.2) is 0 Å². The summed E-state index contributed by atoms with van der Waals surface area (Å²) in [6.07, 6.45) is 0. The first-order chi connectivity index (χ1) is 5.82. The number of aryl methyl sites for hydroxylation is 1. The van der Waals surface area contributed by atoms with Crippen LogP contribution in [0.25, 0.3) is 0 Å². The molecule has 0 spiro atoms. The molecule has 0 aliphatic heterocycles. The maximum absolute atomic E-state index is 10.7. The average Bonchev–Trinajstić information content (AvgIpc) is 1.94. The molecule has 3 nitrogen and oxygen atoms in total. The third kappa shape index (κ3) is 3.59. The summed E-state index contributed by atoms with van der Waals surface area (Å²) in [5, 5.41) is 0. The van der Waals surface area contributed by atoms with E-state index in [2.05, 4.69) is 31.9 Å². The molecule has 1 rings (SSSR count). The van der Waals surface area contributed by atoms with Crippen LogP contribution in [0.2, 0.25) is 0 Å². The summed E-state index contributed by atoms with van der Waals surface area (Å²) in [6, 6.07) is 2.87. The third-order valence-electron chi connectivity index (χ3n) is 1.48. The van der Waals surface area contributed by atoms with Crippen molar-refractivity contribution in [1.29, 1.82) is 0 Å². The van der Waals surface area contributed by atoms with Gasteiger partial charge in [0.2, 0.25) is 0 Å². The third-order valence-corrected chi connectivity index (χ3v) is 4.13. The largest absolute Gasteiger partial charge is 1.00 e. The molecule has 0 atom stereocenters. The molecule has 0 N–H and O–H groups in total. The minimum absolute atomic E-state index is 0. The summed E-state index contributed by atoms with van der Waals surface area (Å²) in [7, 11) is -4.40. The van der Waals surface area contributed by atoms with Gasteiger partial charge in [-0.2, -0.15) is 0 Å². The number of rotatable bonds is 1. The van der Waals surface area contributed by atoms with Crippen LogP contribution in [0.1, 0.15) is 5.56 Å². The Morgan fingerprint density at radius 3 is 2.14 bits per heavy atom. The molecule has 72 valence electrons. The van der Waals surface area contributed by atoms with Crippen LogP contribution in [-0.2, 0) is 10.1 Å². The SMILES string of the molecule is Cc1cc(Br)c(S(=O)(=O)[O-])cc1Br.[Na+]. The Morgan fingerprint density at radius 2 is 1.71 bits per heavy atom. The van der Waals surface area contributed by atoms with Gasteiger partial charge in [0, 0.05) is 8.95 Å². The van der Waals surface area contributed by atoms with Crippen LogP contribution in [0.3, 0.4) is 0 Å². The molecule has 1 aromatic carbocycles. The van der Waals surface area contributed by atoms with Gasteiger partial charge in [0.25, 0.3) is 0 Å². The van der Waals surface area contributed by atoms with Crippen LogP contribution in [0.4, 0.5) is 0 Å². The zero-order chi connectivity index (χ0) is 10.2. The van der Waals surface area contributed by atoms with E-state index in [1.807, 2.05) is 0 Å². The van der Waals surface area contributed by atoms with Crippen molar-refractivity contribution in [2.75, 3.05) is 0 Å². The summed E-state index contributed by atoms with van der Waals surface area (Å²) in [4.78, 5) is -0.245. The maximum Gasteiger partial charge on any atom is 1.00 e. The first-order valence-corrected chi connectivity index (χ1v) is 6.23. The number of halogens is 2. The molecule has 0 saturated carbocycles. The molecule has 0 radical (unpaired) electrons. The second-order valence-corrected chi connectivity index (χ2v) is 5.54. The van der Waals surface area contributed by atoms with Crippen LogP contribution in [0.15, 0.2) is 26.0 Å². The van der Waals surface area contributed by atoms with Gasteiger partial charge in [-0.05, 0) is 40.5 Å². The molecule has 0 bridgehead atoms. The van der Waals surface area contributed by atoms with Gasteiger partial charge in [-0.3, -0.25) is 0 Å². The number of hydrogen-bond acceptors (Lipinski definition) is 3. The van der Waals surface area contributed by atoms with Crippen LogP contribution >= 0.6 is 31.9 Å². The minimum Gasteiger partial charge on any atom is -0.744 e. The van der Waals surface area contributed by atoms with E-state index in [1.165, 1.54) is 6.07 Å². The van der Waals surface area contributed by atoms with E-state index in [9.17, 15) is 13.0 Å². The Balaban J connectivity index is 0.00000169. The fourth-order valence-corrected chi connectivity index (χ4v) is 2.93. The van der Waals surface area contributed by atoms with Crippen molar-refractivity contribution in [3.63, 3.8) is 0 Å². The maximum atomic E-state index is 10.7. The van der Waals surface area contributed by atoms with Crippen LogP contribution in [-0.4, -0.2) is 13.0 Å². The summed E-state index contributed by atoms with van der Waals surface area (Å²) >= 11 is 6.17. The second-order valence-electron chi connectivity index (χ2n) is 2.49. The molecule has 7 heteroatoms. The van der Waals surface area contributed by atoms with E-state index in [4.69, 9.17) is 0 Å². The Morgan fingerprint density at radius 1 is 1.21 bits per heavy atom. The molecule has 14 heavy (non-hydrogen) atoms. The van der Waals surface area contributed by atoms with Crippen molar-refractivity contribution in [3.8, 4) is 0 Å². The Hall–Kier alpha value is 1.09. The van der Waals surface area contributed by atoms with Crippen molar-refractivity contribution in [2.45, 2.75) is 11.8 Å². The standard InChI is InChI=1S/C7H6Br2O3S.Na/c1-4-2-6(9)7(3-5(4)8)13(10,11)12;/h2-3H,1H3,(H,10,11,12);/q;+1/p-1. The molecular formula is C7H5Br2NaO3S. The topological polar surface area (TPSA) is 57.2 Å². The van der Waals surface area contributed by atoms with Crippen molar-refractivity contribution < 1.29 is 42.5 Å². The van der Waals surface area contributed by atoms with E-state index < -0.39 is 10.1 Å². The van der Waals surface area contributed by atoms with Crippen molar-refractivity contribution in [3.05, 3.63) is 26.6 Å². The van der Waals surface area contributed by atoms with Gasteiger partial charge in [-0.15, -0.1) is 0 Å². The van der Waals surface area contributed by atoms with Gasteiger partial charge in [0.1, 0.15) is 10.1 Å². The fraction of sp³-hybridized carbons (Fsp3) is 0.143. The first kappa shape index (κ1) is 15.1. The summed E-state index contributed by atoms with van der Waals surface area (Å²) in [5.41, 5.74) is 0.860. The molecule has 0 aliphatic carbocycles. The summed E-state index contributed by atoms with van der Waals surface area (Å²) < 4.78 is 33.0. The molecule has 0 saturated heterocycles. The van der Waals surface area contributed by atoms with E-state index >= 15 is 0 Å². The Kier molecular flexibility index (Phi) is 5.85. The molecule has 0 heterocycles. The summed E-state index contributed by atoms with van der Waals surface area (Å²) in [6.45, 7) is 1.80. The smallest absolute Gasteiger partial charge is 0.744 e. The zero-order valence-electron chi connectivity index (χ0n) is 7.54. The van der Waals surface area contributed by atoms with Gasteiger partial charge in [0.05, 0.1) is 4.90 Å². The Bertz CT molecular complexity index is 444. The normalized spacial score (nSPS) is 10.9. The van der Waals surface area contributed by atoms with E-state index in [0.717, 1.165) is 5.56 Å². The van der Waals surface area contributed by atoms with Gasteiger partial charge in [-0.1, -0.05) is 15.9 Å². The molecule has 0 aliphatic rings. The average molecular weight is 352 g/mol. The van der Waals surface area contributed by atoms with Crippen LogP contribution < -0.4 is 29.6 Å². The monoisotopic (exact) mass is 350 g/mol. The molecule has 0 amide bonds. The van der Waals surface area contributed by atoms with Gasteiger partial charge in [-0.25, -0.2) is 8.42 Å². The molecule has 0 aromatic heterocycles. The number of hydrogen-bond donors (Lipinski definition) is 0. The first-order valence-electron chi connectivity index (χ1n) is 3.24. The van der Waals surface area contributed by atoms with Gasteiger partial charge < -0.3 is 4.55 Å². The molecule has 0 fully saturated rings. The predicted octanol–water partition coefficient (Wildman–Crippen LogP) is -0.572. The summed E-state index contributed by atoms with van der Waals surface area (Å²) in [5.74, 6) is 0. The van der Waals surface area contributed by atoms with E-state index in [-0.39, 0.29) is 34.5 Å². The fourth-order valence-electron chi connectivity index (χ4n) is 0.820. The van der Waals surface area contributed by atoms with Crippen molar-refractivity contribution in [1.82, 2.24) is 0 Å². The zero-order valence-corrected chi connectivity index (χ0v) is 13.5. The molecule has 0 unspecified atom stereocenters. The van der Waals surface area contributed by atoms with E-state index in [0.29, 0.717) is 8.95 Å². The number of benzene rings is 1. The van der Waals surface area contributed by atoms with E-state index in [1.54, 1.807) is 13.0 Å². The quantitative estimate of drug-likeness (QED) is 0.503. The van der Waals surface area contributed by atoms with Crippen molar-refractivity contribution in [2.24, 2.45) is 0 Å². The Labute approximate surface area is 122 Å². The van der Waals surface area contributed by atoms with Crippen LogP contribution in [0, 0.1) is 6.92 Å². The van der Waals surface area contributed by atoms with Crippen LogP contribution in [0.5, 0.6) is 0 Å². The molecular weight excluding hydrogens is 347 g/mol.